The van der Waals surface area contributed by atoms with Crippen molar-refractivity contribution in [2.75, 3.05) is 39.8 Å². The fraction of sp³-hybridized carbons (Fsp3) is 0.550. The van der Waals surface area contributed by atoms with E-state index >= 15 is 0 Å². The molecule has 0 aliphatic carbocycles. The smallest absolute Gasteiger partial charge is 0.227 e. The van der Waals surface area contributed by atoms with Gasteiger partial charge in [0.1, 0.15) is 5.75 Å². The number of nitrogens with zero attached hydrogens (tertiary/aromatic N) is 4. The van der Waals surface area contributed by atoms with Gasteiger partial charge in [0.05, 0.1) is 18.9 Å². The molecular weight excluding hydrogens is 344 g/mol. The molecule has 7 nitrogen and oxygen atoms in total. The average Bonchev–Trinajstić information content (AvgIpc) is 3.18. The van der Waals surface area contributed by atoms with Gasteiger partial charge in [-0.15, -0.1) is 10.2 Å². The van der Waals surface area contributed by atoms with Gasteiger partial charge in [-0.05, 0) is 31.7 Å². The summed E-state index contributed by atoms with van der Waals surface area (Å²) in [4.78, 5) is 16.9. The zero-order valence-corrected chi connectivity index (χ0v) is 16.1. The lowest BCUT2D eigenvalue weighted by molar-refractivity contribution is -0.143. The molecule has 4 rings (SSSR count). The van der Waals surface area contributed by atoms with Gasteiger partial charge in [-0.2, -0.15) is 0 Å². The molecule has 3 heterocycles. The van der Waals surface area contributed by atoms with Gasteiger partial charge in [-0.1, -0.05) is 12.1 Å². The number of carbonyl (C=O) groups excluding carboxylic acids is 1. The number of aromatic nitrogens is 2. The summed E-state index contributed by atoms with van der Waals surface area (Å²) in [6.07, 6.45) is 0.419. The summed E-state index contributed by atoms with van der Waals surface area (Å²) < 4.78 is 11.2. The van der Waals surface area contributed by atoms with Gasteiger partial charge in [0.25, 0.3) is 0 Å². The van der Waals surface area contributed by atoms with E-state index in [1.54, 1.807) is 0 Å². The molecule has 27 heavy (non-hydrogen) atoms. The maximum absolute atomic E-state index is 12.7. The number of hydrogen-bond donors (Lipinski definition) is 0. The van der Waals surface area contributed by atoms with E-state index < -0.39 is 0 Å². The predicted molar refractivity (Wildman–Crippen MR) is 99.6 cm³/mol. The number of carbonyl (C=O) groups is 1. The Kier molecular flexibility index (Phi) is 4.63. The third-order valence-corrected chi connectivity index (χ3v) is 5.61. The Labute approximate surface area is 159 Å². The van der Waals surface area contributed by atoms with Crippen molar-refractivity contribution in [2.24, 2.45) is 5.41 Å². The van der Waals surface area contributed by atoms with E-state index in [2.05, 4.69) is 22.1 Å². The van der Waals surface area contributed by atoms with Crippen LogP contribution in [0.4, 0.5) is 0 Å². The van der Waals surface area contributed by atoms with E-state index in [0.29, 0.717) is 24.8 Å². The van der Waals surface area contributed by atoms with E-state index in [1.165, 1.54) is 0 Å². The van der Waals surface area contributed by atoms with Crippen LogP contribution in [-0.2, 0) is 11.2 Å². The maximum atomic E-state index is 12.7. The lowest BCUT2D eigenvalue weighted by Crippen LogP contribution is -2.61. The molecule has 2 fully saturated rings. The van der Waals surface area contributed by atoms with Crippen molar-refractivity contribution in [3.05, 3.63) is 41.6 Å². The van der Waals surface area contributed by atoms with E-state index in [-0.39, 0.29) is 17.2 Å². The van der Waals surface area contributed by atoms with Crippen LogP contribution < -0.4 is 4.74 Å². The van der Waals surface area contributed by atoms with Crippen molar-refractivity contribution in [1.82, 2.24) is 20.0 Å². The first-order chi connectivity index (χ1) is 13.0. The maximum Gasteiger partial charge on any atom is 0.227 e. The Morgan fingerprint density at radius 1 is 1.26 bits per heavy atom. The van der Waals surface area contributed by atoms with Crippen molar-refractivity contribution in [3.8, 4) is 5.75 Å². The Balaban J connectivity index is 1.39. The van der Waals surface area contributed by atoms with Gasteiger partial charge in [0.2, 0.25) is 17.7 Å². The van der Waals surface area contributed by atoms with E-state index in [1.807, 2.05) is 43.0 Å². The molecule has 2 saturated heterocycles. The molecule has 0 radical (unpaired) electrons. The summed E-state index contributed by atoms with van der Waals surface area (Å²) in [5.41, 5.74) is 1.04. The predicted octanol–water partition coefficient (Wildman–Crippen LogP) is 1.88. The molecule has 1 aromatic carbocycles. The van der Waals surface area contributed by atoms with Crippen molar-refractivity contribution in [1.29, 1.82) is 0 Å². The van der Waals surface area contributed by atoms with Crippen LogP contribution >= 0.6 is 0 Å². The SMILES string of the molecule is CCOc1ccc(CC(=O)N2CC3(CN(C)CC3c3nnc(C)o3)C2)cc1. The van der Waals surface area contributed by atoms with E-state index in [0.717, 1.165) is 37.5 Å². The van der Waals surface area contributed by atoms with Crippen LogP contribution in [0.25, 0.3) is 0 Å². The monoisotopic (exact) mass is 370 g/mol. The topological polar surface area (TPSA) is 71.7 Å². The quantitative estimate of drug-likeness (QED) is 0.800. The van der Waals surface area contributed by atoms with Crippen LogP contribution in [0.15, 0.2) is 28.7 Å². The molecule has 2 aliphatic rings. The fourth-order valence-electron chi connectivity index (χ4n) is 4.38. The van der Waals surface area contributed by atoms with E-state index in [9.17, 15) is 4.79 Å². The molecule has 0 saturated carbocycles. The van der Waals surface area contributed by atoms with Gasteiger partial charge in [-0.3, -0.25) is 4.79 Å². The minimum atomic E-state index is 0.0300. The molecule has 7 heteroatoms. The molecule has 0 bridgehead atoms. The molecule has 0 N–H and O–H groups in total. The minimum Gasteiger partial charge on any atom is -0.494 e. The van der Waals surface area contributed by atoms with Crippen molar-refractivity contribution in [2.45, 2.75) is 26.2 Å². The molecule has 144 valence electrons. The zero-order chi connectivity index (χ0) is 19.0. The van der Waals surface area contributed by atoms with Gasteiger partial charge < -0.3 is 19.0 Å². The Hall–Kier alpha value is -2.41. The van der Waals surface area contributed by atoms with Crippen LogP contribution in [0, 0.1) is 12.3 Å². The summed E-state index contributed by atoms with van der Waals surface area (Å²) in [7, 11) is 2.11. The van der Waals surface area contributed by atoms with Crippen molar-refractivity contribution < 1.29 is 13.9 Å². The standard InChI is InChI=1S/C20H26N4O3/c1-4-26-16-7-5-15(6-8-16)9-18(25)24-12-20(13-24)11-23(3)10-17(20)19-22-21-14(2)27-19/h5-8,17H,4,9-13H2,1-3H3. The molecule has 1 spiro atoms. The normalized spacial score (nSPS) is 21.4. The molecule has 1 atom stereocenters. The molecule has 1 aromatic heterocycles. The number of benzene rings is 1. The van der Waals surface area contributed by atoms with Crippen LogP contribution in [0.5, 0.6) is 5.75 Å². The highest BCUT2D eigenvalue weighted by Crippen LogP contribution is 2.48. The van der Waals surface area contributed by atoms with Gasteiger partial charge in [-0.25, -0.2) is 0 Å². The minimum absolute atomic E-state index is 0.0300. The number of amides is 1. The molecule has 1 unspecified atom stereocenters. The van der Waals surface area contributed by atoms with E-state index in [4.69, 9.17) is 9.15 Å². The summed E-state index contributed by atoms with van der Waals surface area (Å²) in [6, 6.07) is 7.77. The highest BCUT2D eigenvalue weighted by atomic mass is 16.5. The van der Waals surface area contributed by atoms with Gasteiger partial charge in [0, 0.05) is 38.5 Å². The van der Waals surface area contributed by atoms with Crippen LogP contribution in [0.2, 0.25) is 0 Å². The zero-order valence-electron chi connectivity index (χ0n) is 16.1. The summed E-state index contributed by atoms with van der Waals surface area (Å²) in [5.74, 6) is 2.49. The third-order valence-electron chi connectivity index (χ3n) is 5.61. The second-order valence-corrected chi connectivity index (χ2v) is 7.77. The number of likely N-dealkylation sites (N-methyl/N-ethyl adjacent to an activating group) is 1. The largest absolute Gasteiger partial charge is 0.494 e. The fourth-order valence-corrected chi connectivity index (χ4v) is 4.38. The molecular formula is C20H26N4O3. The van der Waals surface area contributed by atoms with Crippen molar-refractivity contribution in [3.63, 3.8) is 0 Å². The first kappa shape index (κ1) is 18.0. The highest BCUT2D eigenvalue weighted by Gasteiger charge is 2.56. The van der Waals surface area contributed by atoms with Crippen LogP contribution in [-0.4, -0.2) is 65.7 Å². The molecule has 2 aliphatic heterocycles. The van der Waals surface area contributed by atoms with Gasteiger partial charge >= 0.3 is 0 Å². The van der Waals surface area contributed by atoms with Crippen LogP contribution in [0.3, 0.4) is 0 Å². The Morgan fingerprint density at radius 2 is 2.00 bits per heavy atom. The number of ether oxygens (including phenoxy) is 1. The summed E-state index contributed by atoms with van der Waals surface area (Å²) in [5, 5.41) is 8.23. The number of rotatable bonds is 5. The third kappa shape index (κ3) is 3.43. The second-order valence-electron chi connectivity index (χ2n) is 7.77. The summed E-state index contributed by atoms with van der Waals surface area (Å²) >= 11 is 0. The number of aryl methyl sites for hydroxylation is 1. The average molecular weight is 370 g/mol. The molecule has 1 amide bonds. The first-order valence-corrected chi connectivity index (χ1v) is 9.47. The summed E-state index contributed by atoms with van der Waals surface area (Å²) in [6.45, 7) is 7.76. The van der Waals surface area contributed by atoms with Crippen molar-refractivity contribution >= 4 is 5.91 Å². The second kappa shape index (κ2) is 6.96. The Bertz CT molecular complexity index is 811. The lowest BCUT2D eigenvalue weighted by Gasteiger charge is -2.50. The lowest BCUT2D eigenvalue weighted by atomic mass is 9.71. The molecule has 2 aromatic rings. The highest BCUT2D eigenvalue weighted by molar-refractivity contribution is 5.80. The number of likely N-dealkylation sites (tertiary alicyclic amines) is 2. The number of hydrogen-bond acceptors (Lipinski definition) is 6. The van der Waals surface area contributed by atoms with Crippen LogP contribution in [0.1, 0.15) is 30.2 Å². The Morgan fingerprint density at radius 3 is 2.63 bits per heavy atom. The first-order valence-electron chi connectivity index (χ1n) is 9.47. The van der Waals surface area contributed by atoms with Gasteiger partial charge in [0.15, 0.2) is 0 Å².